The number of rotatable bonds is 2. The molecule has 0 heterocycles. The van der Waals surface area contributed by atoms with Gasteiger partial charge in [0.15, 0.2) is 11.6 Å². The molecule has 0 aromatic heterocycles. The van der Waals surface area contributed by atoms with Gasteiger partial charge >= 0.3 is 0 Å². The Morgan fingerprint density at radius 1 is 0.724 bits per heavy atom. The highest BCUT2D eigenvalue weighted by molar-refractivity contribution is 6.04. The number of benzene rings is 3. The molecule has 2 aliphatic rings. The maximum atomic E-state index is 15.2. The molecule has 0 radical (unpaired) electrons. The first-order chi connectivity index (χ1) is 14.0. The summed E-state index contributed by atoms with van der Waals surface area (Å²) in [5, 5.41) is 9.51. The number of halogens is 3. The third-order valence-corrected chi connectivity index (χ3v) is 6.58. The van der Waals surface area contributed by atoms with E-state index in [4.69, 9.17) is 0 Å². The van der Waals surface area contributed by atoms with Crippen LogP contribution in [0.15, 0.2) is 42.5 Å². The van der Waals surface area contributed by atoms with Crippen LogP contribution < -0.4 is 0 Å². The Bertz CT molecular complexity index is 1110. The van der Waals surface area contributed by atoms with Gasteiger partial charge in [-0.05, 0) is 53.0 Å². The van der Waals surface area contributed by atoms with Crippen molar-refractivity contribution >= 4 is 0 Å². The highest BCUT2D eigenvalue weighted by atomic mass is 19.2. The summed E-state index contributed by atoms with van der Waals surface area (Å²) in [6.45, 7) is 2.29. The van der Waals surface area contributed by atoms with E-state index in [-0.39, 0.29) is 11.1 Å². The zero-order chi connectivity index (χ0) is 20.3. The summed E-state index contributed by atoms with van der Waals surface area (Å²) >= 11 is 0. The molecule has 29 heavy (non-hydrogen) atoms. The Balaban J connectivity index is 1.49. The summed E-state index contributed by atoms with van der Waals surface area (Å²) in [6.07, 6.45) is 4.84. The van der Waals surface area contributed by atoms with Crippen LogP contribution in [0.3, 0.4) is 0 Å². The first kappa shape index (κ1) is 18.3. The maximum absolute atomic E-state index is 15.2. The number of aromatic hydroxyl groups is 1. The largest absolute Gasteiger partial charge is 0.505 e. The predicted octanol–water partition coefficient (Wildman–Crippen LogP) is 7.42. The molecule has 148 valence electrons. The fourth-order valence-corrected chi connectivity index (χ4v) is 4.80. The first-order valence-corrected chi connectivity index (χ1v) is 10.1. The monoisotopic (exact) mass is 394 g/mol. The van der Waals surface area contributed by atoms with Crippen LogP contribution in [0.4, 0.5) is 13.2 Å². The number of hydrogen-bond donors (Lipinski definition) is 1. The van der Waals surface area contributed by atoms with Gasteiger partial charge in [-0.15, -0.1) is 0 Å². The Morgan fingerprint density at radius 2 is 1.34 bits per heavy atom. The van der Waals surface area contributed by atoms with E-state index in [9.17, 15) is 13.9 Å². The Kier molecular flexibility index (Phi) is 4.19. The van der Waals surface area contributed by atoms with Gasteiger partial charge in [0.25, 0.3) is 0 Å². The van der Waals surface area contributed by atoms with E-state index in [0.717, 1.165) is 12.0 Å². The van der Waals surface area contributed by atoms with Crippen LogP contribution in [-0.2, 0) is 0 Å². The van der Waals surface area contributed by atoms with Crippen molar-refractivity contribution in [2.24, 2.45) is 5.92 Å². The maximum Gasteiger partial charge on any atom is 0.201 e. The lowest BCUT2D eigenvalue weighted by molar-refractivity contribution is 0.348. The number of phenolic OH excluding ortho intramolecular Hbond substituents is 1. The van der Waals surface area contributed by atoms with Crippen molar-refractivity contribution < 1.29 is 18.3 Å². The van der Waals surface area contributed by atoms with Crippen LogP contribution in [0.5, 0.6) is 5.75 Å². The van der Waals surface area contributed by atoms with Crippen molar-refractivity contribution in [1.29, 1.82) is 0 Å². The van der Waals surface area contributed by atoms with Gasteiger partial charge in [0, 0.05) is 16.7 Å². The Hall–Kier alpha value is -2.75. The van der Waals surface area contributed by atoms with Gasteiger partial charge < -0.3 is 5.11 Å². The second kappa shape index (κ2) is 6.65. The molecule has 0 amide bonds. The molecule has 1 nitrogen and oxygen atoms in total. The second-order valence-electron chi connectivity index (χ2n) is 8.37. The van der Waals surface area contributed by atoms with E-state index in [1.165, 1.54) is 31.2 Å². The van der Waals surface area contributed by atoms with E-state index in [1.54, 1.807) is 12.1 Å². The number of fused-ring (bicyclic) bond motifs is 4. The van der Waals surface area contributed by atoms with E-state index in [1.807, 2.05) is 12.1 Å². The van der Waals surface area contributed by atoms with Gasteiger partial charge in [-0.25, -0.2) is 8.78 Å². The SMILES string of the molecule is CC1CCC(c2ccc(-c3ccc4c(c3F)-c3c-4cc(O)c(F)c3F)cc2)CC1. The second-order valence-corrected chi connectivity index (χ2v) is 8.37. The van der Waals surface area contributed by atoms with Crippen molar-refractivity contribution in [2.75, 3.05) is 0 Å². The van der Waals surface area contributed by atoms with Crippen LogP contribution >= 0.6 is 0 Å². The fourth-order valence-electron chi connectivity index (χ4n) is 4.80. The van der Waals surface area contributed by atoms with E-state index in [2.05, 4.69) is 19.1 Å². The molecule has 0 saturated heterocycles. The van der Waals surface area contributed by atoms with Gasteiger partial charge in [-0.3, -0.25) is 0 Å². The summed E-state index contributed by atoms with van der Waals surface area (Å²) in [7, 11) is 0. The van der Waals surface area contributed by atoms with Crippen molar-refractivity contribution in [2.45, 2.75) is 38.5 Å². The van der Waals surface area contributed by atoms with E-state index >= 15 is 4.39 Å². The summed E-state index contributed by atoms with van der Waals surface area (Å²) in [5.41, 5.74) is 3.17. The van der Waals surface area contributed by atoms with E-state index < -0.39 is 23.2 Å². The van der Waals surface area contributed by atoms with Crippen LogP contribution in [0.25, 0.3) is 33.4 Å². The molecule has 5 rings (SSSR count). The van der Waals surface area contributed by atoms with Gasteiger partial charge in [0.1, 0.15) is 5.82 Å². The van der Waals surface area contributed by atoms with Crippen molar-refractivity contribution in [3.8, 4) is 39.1 Å². The van der Waals surface area contributed by atoms with Crippen LogP contribution in [0, 0.1) is 23.4 Å². The minimum absolute atomic E-state index is 0.0826. The smallest absolute Gasteiger partial charge is 0.201 e. The van der Waals surface area contributed by atoms with Crippen LogP contribution in [0.1, 0.15) is 44.1 Å². The summed E-state index contributed by atoms with van der Waals surface area (Å²) in [4.78, 5) is 0. The number of phenols is 1. The van der Waals surface area contributed by atoms with Crippen molar-refractivity contribution in [1.82, 2.24) is 0 Å². The normalized spacial score (nSPS) is 20.0. The molecule has 0 unspecified atom stereocenters. The summed E-state index contributed by atoms with van der Waals surface area (Å²) in [6, 6.07) is 12.4. The lowest BCUT2D eigenvalue weighted by Gasteiger charge is -2.27. The average Bonchev–Trinajstić information content (AvgIpc) is 2.72. The quantitative estimate of drug-likeness (QED) is 0.375. The molecule has 3 aromatic rings. The van der Waals surface area contributed by atoms with Gasteiger partial charge in [-0.1, -0.05) is 56.2 Å². The molecule has 4 heteroatoms. The average molecular weight is 394 g/mol. The zero-order valence-corrected chi connectivity index (χ0v) is 16.1. The van der Waals surface area contributed by atoms with Crippen molar-refractivity contribution in [3.63, 3.8) is 0 Å². The molecule has 1 fully saturated rings. The zero-order valence-electron chi connectivity index (χ0n) is 16.1. The lowest BCUT2D eigenvalue weighted by Crippen LogP contribution is -2.10. The molecule has 2 aliphatic carbocycles. The van der Waals surface area contributed by atoms with Gasteiger partial charge in [0.05, 0.1) is 0 Å². The third kappa shape index (κ3) is 2.77. The molecule has 0 spiro atoms. The first-order valence-electron chi connectivity index (χ1n) is 10.1. The molecule has 0 aliphatic heterocycles. The summed E-state index contributed by atoms with van der Waals surface area (Å²) in [5.74, 6) is -2.52. The van der Waals surface area contributed by atoms with E-state index in [0.29, 0.717) is 28.2 Å². The van der Waals surface area contributed by atoms with Gasteiger partial charge in [0.2, 0.25) is 5.82 Å². The van der Waals surface area contributed by atoms with Crippen LogP contribution in [-0.4, -0.2) is 5.11 Å². The molecular weight excluding hydrogens is 373 g/mol. The van der Waals surface area contributed by atoms with Crippen LogP contribution in [0.2, 0.25) is 0 Å². The fraction of sp³-hybridized carbons (Fsp3) is 0.280. The molecule has 3 aromatic carbocycles. The Morgan fingerprint density at radius 3 is 2.03 bits per heavy atom. The summed E-state index contributed by atoms with van der Waals surface area (Å²) < 4.78 is 43.3. The van der Waals surface area contributed by atoms with Crippen molar-refractivity contribution in [3.05, 3.63) is 65.5 Å². The number of hydrogen-bond acceptors (Lipinski definition) is 1. The molecule has 1 saturated carbocycles. The highest BCUT2D eigenvalue weighted by Gasteiger charge is 2.34. The molecule has 0 bridgehead atoms. The highest BCUT2D eigenvalue weighted by Crippen LogP contribution is 2.53. The standard InChI is InChI=1S/C25H21F3O/c1-13-2-4-14(5-3-13)15-6-8-16(9-7-15)17-10-11-18-19-12-20(29)24(27)25(28)22(19)21(18)23(17)26/h6-14,29H,2-5H2,1H3. The minimum Gasteiger partial charge on any atom is -0.505 e. The Labute approximate surface area is 167 Å². The minimum atomic E-state index is -1.34. The lowest BCUT2D eigenvalue weighted by atomic mass is 9.77. The topological polar surface area (TPSA) is 20.2 Å². The molecule has 0 atom stereocenters. The molecular formula is C25H21F3O. The predicted molar refractivity (Wildman–Crippen MR) is 108 cm³/mol. The third-order valence-electron chi connectivity index (χ3n) is 6.58. The van der Waals surface area contributed by atoms with Gasteiger partial charge in [-0.2, -0.15) is 4.39 Å². The molecule has 1 N–H and O–H groups in total.